The minimum atomic E-state index is -0.842. The third-order valence-electron chi connectivity index (χ3n) is 7.44. The van der Waals surface area contributed by atoms with E-state index >= 15 is 0 Å². The van der Waals surface area contributed by atoms with Crippen LogP contribution in [-0.4, -0.2) is 58.6 Å². The first kappa shape index (κ1) is 28.3. The average Bonchev–Trinajstić information content (AvgIpc) is 2.92. The molecule has 3 aromatic rings. The molecule has 1 saturated heterocycles. The van der Waals surface area contributed by atoms with Crippen LogP contribution in [0.4, 0.5) is 8.78 Å². The molecule has 1 fully saturated rings. The number of carboxylic acid groups (broad SMARTS) is 1. The molecule has 1 unspecified atom stereocenters. The molecule has 204 valence electrons. The van der Waals surface area contributed by atoms with Gasteiger partial charge in [0.05, 0.1) is 18.7 Å². The Morgan fingerprint density at radius 3 is 2.84 bits per heavy atom. The standard InChI is InChI=1S/C29H34F2N2O4S/c1-37-21-7-8-25-23(17-21)22(11-13-32-25)26(34)9-5-19-12-14-33(18-20(19)6-10-28(35)36)15-16-38-27-4-2-3-24(30)29(27)31/h2-4,7-8,11,13,17,19-20,26,34H,5-6,9-10,12,14-16,18H2,1H3,(H,35,36)/t19-,20+,26?/m1/s1. The Labute approximate surface area is 226 Å². The second kappa shape index (κ2) is 13.4. The number of pyridine rings is 1. The predicted molar refractivity (Wildman–Crippen MR) is 144 cm³/mol. The first-order valence-corrected chi connectivity index (χ1v) is 14.0. The number of carboxylic acids is 1. The fraction of sp³-hybridized carbons (Fsp3) is 0.448. The number of hydrogen-bond donors (Lipinski definition) is 2. The Morgan fingerprint density at radius 2 is 2.05 bits per heavy atom. The summed E-state index contributed by atoms with van der Waals surface area (Å²) >= 11 is 1.29. The molecule has 0 saturated carbocycles. The fourth-order valence-electron chi connectivity index (χ4n) is 5.35. The van der Waals surface area contributed by atoms with Gasteiger partial charge in [-0.3, -0.25) is 9.78 Å². The van der Waals surface area contributed by atoms with Gasteiger partial charge in [0.25, 0.3) is 0 Å². The minimum Gasteiger partial charge on any atom is -0.497 e. The summed E-state index contributed by atoms with van der Waals surface area (Å²) in [5, 5.41) is 21.2. The number of aromatic nitrogens is 1. The number of aliphatic hydroxyl groups excluding tert-OH is 1. The van der Waals surface area contributed by atoms with E-state index in [0.29, 0.717) is 41.7 Å². The van der Waals surface area contributed by atoms with Gasteiger partial charge in [0.15, 0.2) is 11.6 Å². The van der Waals surface area contributed by atoms with E-state index in [1.165, 1.54) is 17.8 Å². The summed E-state index contributed by atoms with van der Waals surface area (Å²) in [6, 6.07) is 11.7. The van der Waals surface area contributed by atoms with E-state index in [1.54, 1.807) is 19.4 Å². The second-order valence-corrected chi connectivity index (χ2v) is 11.0. The topological polar surface area (TPSA) is 82.9 Å². The summed E-state index contributed by atoms with van der Waals surface area (Å²) in [6.45, 7) is 2.33. The fourth-order valence-corrected chi connectivity index (χ4v) is 6.32. The van der Waals surface area contributed by atoms with E-state index in [9.17, 15) is 23.8 Å². The summed E-state index contributed by atoms with van der Waals surface area (Å²) in [5.41, 5.74) is 1.61. The van der Waals surface area contributed by atoms with Gasteiger partial charge in [-0.2, -0.15) is 0 Å². The molecular formula is C29H34F2N2O4S. The van der Waals surface area contributed by atoms with Crippen molar-refractivity contribution < 1.29 is 28.5 Å². The quantitative estimate of drug-likeness (QED) is 0.274. The van der Waals surface area contributed by atoms with Crippen molar-refractivity contribution in [2.75, 3.05) is 32.5 Å². The number of methoxy groups -OCH3 is 1. The number of benzene rings is 2. The summed E-state index contributed by atoms with van der Waals surface area (Å²) in [7, 11) is 1.61. The number of halogens is 2. The Kier molecular flexibility index (Phi) is 9.93. The van der Waals surface area contributed by atoms with E-state index in [4.69, 9.17) is 4.74 Å². The molecular weight excluding hydrogens is 510 g/mol. The maximum Gasteiger partial charge on any atom is 0.303 e. The average molecular weight is 545 g/mol. The lowest BCUT2D eigenvalue weighted by atomic mass is 9.79. The van der Waals surface area contributed by atoms with Crippen LogP contribution >= 0.6 is 11.8 Å². The van der Waals surface area contributed by atoms with Gasteiger partial charge < -0.3 is 19.8 Å². The molecule has 6 nitrogen and oxygen atoms in total. The first-order valence-electron chi connectivity index (χ1n) is 13.0. The number of aliphatic carboxylic acids is 1. The smallest absolute Gasteiger partial charge is 0.303 e. The number of piperidine rings is 1. The third kappa shape index (κ3) is 7.21. The molecule has 0 bridgehead atoms. The van der Waals surface area contributed by atoms with Gasteiger partial charge in [-0.1, -0.05) is 6.07 Å². The van der Waals surface area contributed by atoms with Crippen LogP contribution in [0.5, 0.6) is 5.75 Å². The van der Waals surface area contributed by atoms with Crippen molar-refractivity contribution in [3.63, 3.8) is 0 Å². The van der Waals surface area contributed by atoms with Crippen molar-refractivity contribution in [2.24, 2.45) is 11.8 Å². The molecule has 1 aliphatic rings. The van der Waals surface area contributed by atoms with E-state index in [-0.39, 0.29) is 12.3 Å². The van der Waals surface area contributed by atoms with E-state index in [0.717, 1.165) is 48.5 Å². The highest BCUT2D eigenvalue weighted by Crippen LogP contribution is 2.35. The van der Waals surface area contributed by atoms with Crippen LogP contribution in [0.2, 0.25) is 0 Å². The Balaban J connectivity index is 1.36. The number of rotatable bonds is 12. The van der Waals surface area contributed by atoms with Gasteiger partial charge in [0, 0.05) is 41.7 Å². The van der Waals surface area contributed by atoms with E-state index < -0.39 is 23.7 Å². The van der Waals surface area contributed by atoms with Crippen molar-refractivity contribution in [2.45, 2.75) is 43.1 Å². The zero-order valence-corrected chi connectivity index (χ0v) is 22.3. The lowest BCUT2D eigenvalue weighted by Crippen LogP contribution is -2.41. The number of nitrogens with zero attached hydrogens (tertiary/aromatic N) is 2. The number of thioether (sulfide) groups is 1. The van der Waals surface area contributed by atoms with Crippen LogP contribution in [0.15, 0.2) is 53.6 Å². The van der Waals surface area contributed by atoms with Gasteiger partial charge >= 0.3 is 5.97 Å². The lowest BCUT2D eigenvalue weighted by Gasteiger charge is -2.39. The number of carbonyl (C=O) groups is 1. The summed E-state index contributed by atoms with van der Waals surface area (Å²) in [6.07, 6.45) is 3.98. The molecule has 0 amide bonds. The zero-order valence-electron chi connectivity index (χ0n) is 21.5. The number of likely N-dealkylation sites (tertiary alicyclic amines) is 1. The largest absolute Gasteiger partial charge is 0.497 e. The molecule has 0 radical (unpaired) electrons. The first-order chi connectivity index (χ1) is 18.4. The summed E-state index contributed by atoms with van der Waals surface area (Å²) < 4.78 is 32.8. The normalized spacial score (nSPS) is 18.9. The Morgan fingerprint density at radius 1 is 1.21 bits per heavy atom. The molecule has 1 aliphatic heterocycles. The van der Waals surface area contributed by atoms with Crippen molar-refractivity contribution in [3.05, 3.63) is 65.9 Å². The number of hydrogen-bond acceptors (Lipinski definition) is 6. The highest BCUT2D eigenvalue weighted by atomic mass is 32.2. The number of fused-ring (bicyclic) bond motifs is 1. The van der Waals surface area contributed by atoms with Crippen molar-refractivity contribution in [1.29, 1.82) is 0 Å². The van der Waals surface area contributed by atoms with Gasteiger partial charge in [-0.15, -0.1) is 11.8 Å². The van der Waals surface area contributed by atoms with Crippen LogP contribution < -0.4 is 4.74 Å². The molecule has 4 rings (SSSR count). The van der Waals surface area contributed by atoms with Gasteiger partial charge in [-0.25, -0.2) is 8.78 Å². The van der Waals surface area contributed by atoms with Gasteiger partial charge in [0.2, 0.25) is 0 Å². The van der Waals surface area contributed by atoms with Crippen molar-refractivity contribution >= 4 is 28.6 Å². The van der Waals surface area contributed by atoms with Crippen LogP contribution in [0, 0.1) is 23.5 Å². The molecule has 2 N–H and O–H groups in total. The highest BCUT2D eigenvalue weighted by Gasteiger charge is 2.30. The molecule has 2 aromatic carbocycles. The summed E-state index contributed by atoms with van der Waals surface area (Å²) in [5.74, 6) is -0.643. The van der Waals surface area contributed by atoms with E-state index in [2.05, 4.69) is 9.88 Å². The zero-order chi connectivity index (χ0) is 27.1. The number of aliphatic hydroxyl groups is 1. The molecule has 3 atom stereocenters. The van der Waals surface area contributed by atoms with Gasteiger partial charge in [-0.05, 0) is 86.0 Å². The van der Waals surface area contributed by atoms with Crippen molar-refractivity contribution in [3.8, 4) is 5.75 Å². The van der Waals surface area contributed by atoms with Gasteiger partial charge in [0.1, 0.15) is 5.75 Å². The van der Waals surface area contributed by atoms with Crippen LogP contribution in [-0.2, 0) is 4.79 Å². The van der Waals surface area contributed by atoms with Crippen LogP contribution in [0.25, 0.3) is 10.9 Å². The maximum atomic E-state index is 14.0. The SMILES string of the molecule is COc1ccc2nccc(C(O)CC[C@@H]3CCN(CCSc4cccc(F)c4F)C[C@@H]3CCC(=O)O)c2c1. The molecule has 2 heterocycles. The number of ether oxygens (including phenoxy) is 1. The monoisotopic (exact) mass is 544 g/mol. The minimum absolute atomic E-state index is 0.107. The lowest BCUT2D eigenvalue weighted by molar-refractivity contribution is -0.137. The van der Waals surface area contributed by atoms with Crippen LogP contribution in [0.3, 0.4) is 0 Å². The maximum absolute atomic E-state index is 14.0. The third-order valence-corrected chi connectivity index (χ3v) is 8.45. The highest BCUT2D eigenvalue weighted by molar-refractivity contribution is 7.99. The van der Waals surface area contributed by atoms with E-state index in [1.807, 2.05) is 24.3 Å². The molecule has 1 aromatic heterocycles. The predicted octanol–water partition coefficient (Wildman–Crippen LogP) is 5.93. The molecule has 38 heavy (non-hydrogen) atoms. The summed E-state index contributed by atoms with van der Waals surface area (Å²) in [4.78, 5) is 18.3. The Bertz CT molecular complexity index is 1240. The Hall–Kier alpha value is -2.75. The molecule has 9 heteroatoms. The molecule has 0 spiro atoms. The van der Waals surface area contributed by atoms with Crippen molar-refractivity contribution in [1.82, 2.24) is 9.88 Å². The van der Waals surface area contributed by atoms with Crippen LogP contribution in [0.1, 0.15) is 43.8 Å². The molecule has 0 aliphatic carbocycles. The second-order valence-electron chi connectivity index (χ2n) is 9.82.